The molecule has 3 nitrogen and oxygen atoms in total. The van der Waals surface area contributed by atoms with E-state index in [9.17, 15) is 35.9 Å². The molecule has 0 rings (SSSR count). The molecule has 0 aromatic carbocycles. The first-order chi connectivity index (χ1) is 6.96. The maximum absolute atomic E-state index is 11.4. The minimum atomic E-state index is -5.31. The monoisotopic (exact) mass is 440 g/mol. The van der Waals surface area contributed by atoms with Crippen LogP contribution in [0.25, 0.3) is 0 Å². The Morgan fingerprint density at radius 3 is 1.31 bits per heavy atom. The fraction of sp³-hybridized carbons (Fsp3) is 0.500. The van der Waals surface area contributed by atoms with Crippen LogP contribution in [0.4, 0.5) is 26.3 Å². The molecule has 0 heterocycles. The molecule has 0 bridgehead atoms. The molecule has 16 heavy (non-hydrogen) atoms. The zero-order chi connectivity index (χ0) is 13.6. The summed E-state index contributed by atoms with van der Waals surface area (Å²) in [6, 6.07) is 1.75. The molecular formula is C6H3F6NO2Tl. The second-order valence-electron chi connectivity index (χ2n) is 2.09. The van der Waals surface area contributed by atoms with Gasteiger partial charge in [0, 0.05) is 6.92 Å². The molecule has 0 N–H and O–H groups in total. The number of halogens is 6. The van der Waals surface area contributed by atoms with Gasteiger partial charge in [0.15, 0.2) is 0 Å². The van der Waals surface area contributed by atoms with Gasteiger partial charge in [0.1, 0.15) is 0 Å². The molecule has 0 radical (unpaired) electrons. The standard InChI is InChI=1S/2C2F3O.C2H3N.Tl/c2*3-2(4,5)1-6;1-2-3;/h;;1H3;. The fourth-order valence-electron chi connectivity index (χ4n) is 0.283. The van der Waals surface area contributed by atoms with Crippen LogP contribution in [0.3, 0.4) is 0 Å². The molecule has 0 aliphatic carbocycles. The number of nitriles is 1. The van der Waals surface area contributed by atoms with Crippen LogP contribution in [0.2, 0.25) is 0 Å². The molecule has 0 aromatic rings. The first-order valence-electron chi connectivity index (χ1n) is 3.34. The van der Waals surface area contributed by atoms with Gasteiger partial charge in [-0.3, -0.25) is 0 Å². The molecule has 0 amide bonds. The third-order valence-electron chi connectivity index (χ3n) is 0.821. The average molecular weight is 439 g/mol. The topological polar surface area (TPSA) is 57.9 Å². The van der Waals surface area contributed by atoms with Gasteiger partial charge in [-0.25, -0.2) is 0 Å². The summed E-state index contributed by atoms with van der Waals surface area (Å²) in [6.07, 6.45) is -10.6. The number of alkyl halides is 6. The molecule has 0 aliphatic rings. The predicted molar refractivity (Wildman–Crippen MR) is 39.2 cm³/mol. The van der Waals surface area contributed by atoms with Crippen LogP contribution < -0.4 is 0 Å². The summed E-state index contributed by atoms with van der Waals surface area (Å²) in [5, 5.41) is 7.32. The van der Waals surface area contributed by atoms with Crippen LogP contribution >= 0.6 is 0 Å². The van der Waals surface area contributed by atoms with Crippen LogP contribution in [0.1, 0.15) is 6.92 Å². The number of hydrogen-bond donors (Lipinski definition) is 0. The van der Waals surface area contributed by atoms with Crippen LogP contribution in [0, 0.1) is 11.3 Å². The molecule has 0 spiro atoms. The van der Waals surface area contributed by atoms with Crippen molar-refractivity contribution in [3.63, 3.8) is 0 Å². The Kier molecular flexibility index (Phi) is 7.55. The van der Waals surface area contributed by atoms with E-state index in [0.29, 0.717) is 0 Å². The second-order valence-corrected chi connectivity index (χ2v) is 7.29. The zero-order valence-electron chi connectivity index (χ0n) is 7.61. The van der Waals surface area contributed by atoms with Crippen molar-refractivity contribution in [2.75, 3.05) is 0 Å². The summed E-state index contributed by atoms with van der Waals surface area (Å²) in [4.78, 5) is 19.9. The average Bonchev–Trinajstić information content (AvgIpc) is 2.01. The Balaban J connectivity index is 0. The predicted octanol–water partition coefficient (Wildman–Crippen LogP) is 1.40. The molecule has 0 saturated heterocycles. The van der Waals surface area contributed by atoms with E-state index in [1.54, 1.807) is 6.07 Å². The van der Waals surface area contributed by atoms with Crippen molar-refractivity contribution in [2.45, 2.75) is 19.3 Å². The van der Waals surface area contributed by atoms with E-state index < -0.39 is 43.3 Å². The van der Waals surface area contributed by atoms with Crippen molar-refractivity contribution in [2.24, 2.45) is 0 Å². The second kappa shape index (κ2) is 6.82. The van der Waals surface area contributed by atoms with Gasteiger partial charge >= 0.3 is 79.2 Å². The molecule has 0 aliphatic heterocycles. The minimum absolute atomic E-state index is 1.43. The Labute approximate surface area is 97.6 Å². The first kappa shape index (κ1) is 17.7. The summed E-state index contributed by atoms with van der Waals surface area (Å²) < 4.78 is 63.3. The SMILES string of the molecule is CC#N.O=[C]([Tl][C](=O)C(F)(F)F)C(F)(F)F. The van der Waals surface area contributed by atoms with E-state index in [4.69, 9.17) is 5.26 Å². The van der Waals surface area contributed by atoms with Crippen LogP contribution in [0.5, 0.6) is 0 Å². The van der Waals surface area contributed by atoms with E-state index in [-0.39, 0.29) is 0 Å². The molecule has 0 unspecified atom stereocenters. The van der Waals surface area contributed by atoms with Gasteiger partial charge in [-0.15, -0.1) is 0 Å². The van der Waals surface area contributed by atoms with Gasteiger partial charge < -0.3 is 0 Å². The zero-order valence-corrected chi connectivity index (χ0v) is 12.1. The first-order valence-corrected chi connectivity index (χ1v) is 7.83. The van der Waals surface area contributed by atoms with Crippen molar-refractivity contribution < 1.29 is 35.9 Å². The summed E-state index contributed by atoms with van der Waals surface area (Å²) in [5.41, 5.74) is 0. The van der Waals surface area contributed by atoms with Crippen LogP contribution in [-0.2, 0) is 9.59 Å². The van der Waals surface area contributed by atoms with Crippen molar-refractivity contribution in [1.82, 2.24) is 0 Å². The number of carbonyl (C=O) groups is 2. The normalized spacial score (nSPS) is 10.4. The third-order valence-corrected chi connectivity index (χ3v) is 5.40. The molecule has 0 atom stereocenters. The molecule has 0 fully saturated rings. The third kappa shape index (κ3) is 8.63. The van der Waals surface area contributed by atoms with E-state index in [2.05, 4.69) is 0 Å². The number of carbonyl (C=O) groups excluding carboxylic acids is 2. The molecule has 0 saturated carbocycles. The summed E-state index contributed by atoms with van der Waals surface area (Å²) >= 11 is -4.12. The van der Waals surface area contributed by atoms with Crippen molar-refractivity contribution in [3.8, 4) is 6.07 Å². The van der Waals surface area contributed by atoms with Gasteiger partial charge in [-0.05, 0) is 0 Å². The molecule has 0 aromatic heterocycles. The summed E-state index contributed by atoms with van der Waals surface area (Å²) in [5.74, 6) is 0. The van der Waals surface area contributed by atoms with Gasteiger partial charge in [-0.1, -0.05) is 0 Å². The Bertz CT molecular complexity index is 278. The van der Waals surface area contributed by atoms with Gasteiger partial charge in [0.2, 0.25) is 0 Å². The molecule has 10 heteroatoms. The molecule has 89 valence electrons. The summed E-state index contributed by atoms with van der Waals surface area (Å²) in [7, 11) is 0. The van der Waals surface area contributed by atoms with E-state index in [1.165, 1.54) is 6.92 Å². The maximum atomic E-state index is 11.4. The van der Waals surface area contributed by atoms with E-state index >= 15 is 0 Å². The molecular weight excluding hydrogens is 436 g/mol. The van der Waals surface area contributed by atoms with Gasteiger partial charge in [0.05, 0.1) is 6.07 Å². The van der Waals surface area contributed by atoms with Crippen LogP contribution in [0.15, 0.2) is 0 Å². The van der Waals surface area contributed by atoms with Crippen molar-refractivity contribution in [3.05, 3.63) is 0 Å². The number of hydrogen-bond acceptors (Lipinski definition) is 3. The van der Waals surface area contributed by atoms with E-state index in [0.717, 1.165) is 0 Å². The number of rotatable bonds is 2. The number of nitrogens with zero attached hydrogens (tertiary/aromatic N) is 1. The van der Waals surface area contributed by atoms with E-state index in [1.807, 2.05) is 0 Å². The van der Waals surface area contributed by atoms with Crippen LogP contribution in [-0.4, -0.2) is 43.3 Å². The van der Waals surface area contributed by atoms with Gasteiger partial charge in [-0.2, -0.15) is 5.26 Å². The fourth-order valence-corrected chi connectivity index (χ4v) is 2.48. The quantitative estimate of drug-likeness (QED) is 0.483. The Hall–Kier alpha value is -0.668. The summed E-state index contributed by atoms with van der Waals surface area (Å²) in [6.45, 7) is 1.43. The van der Waals surface area contributed by atoms with Crippen molar-refractivity contribution >= 4 is 30.9 Å². The Morgan fingerprint density at radius 1 is 1.00 bits per heavy atom. The Morgan fingerprint density at radius 2 is 1.19 bits per heavy atom. The van der Waals surface area contributed by atoms with Gasteiger partial charge in [0.25, 0.3) is 0 Å². The van der Waals surface area contributed by atoms with Crippen molar-refractivity contribution in [1.29, 1.82) is 5.26 Å².